The topological polar surface area (TPSA) is 87.8 Å². The van der Waals surface area contributed by atoms with Crippen LogP contribution in [-0.2, 0) is 16.1 Å². The molecule has 0 aliphatic carbocycles. The molecule has 1 aliphatic rings. The van der Waals surface area contributed by atoms with Crippen molar-refractivity contribution < 1.29 is 23.9 Å². The van der Waals surface area contributed by atoms with E-state index in [1.807, 2.05) is 0 Å². The van der Waals surface area contributed by atoms with Crippen molar-refractivity contribution in [1.29, 1.82) is 0 Å². The molecule has 0 saturated carbocycles. The zero-order valence-electron chi connectivity index (χ0n) is 10.0. The molecule has 6 heteroatoms. The second-order valence-electron chi connectivity index (χ2n) is 4.41. The van der Waals surface area contributed by atoms with Crippen LogP contribution in [0, 0.1) is 11.8 Å². The van der Waals surface area contributed by atoms with Crippen molar-refractivity contribution in [3.8, 4) is 0 Å². The number of rotatable bonds is 3. The number of carboxylic acid groups (broad SMARTS) is 1. The molecular weight excluding hydrogens is 238 g/mol. The molecule has 2 unspecified atom stereocenters. The minimum Gasteiger partial charge on any atom is -0.475 e. The Kier molecular flexibility index (Phi) is 2.94. The van der Waals surface area contributed by atoms with E-state index in [2.05, 4.69) is 0 Å². The summed E-state index contributed by atoms with van der Waals surface area (Å²) in [4.78, 5) is 35.4. The van der Waals surface area contributed by atoms with Gasteiger partial charge < -0.3 is 9.52 Å². The summed E-state index contributed by atoms with van der Waals surface area (Å²) in [5, 5.41) is 8.71. The number of likely N-dealkylation sites (tertiary alicyclic amines) is 1. The molecule has 1 fully saturated rings. The number of carboxylic acids is 1. The number of amides is 2. The molecule has 0 spiro atoms. The fourth-order valence-corrected chi connectivity index (χ4v) is 1.92. The predicted octanol–water partition coefficient (Wildman–Crippen LogP) is 1.12. The molecule has 1 aromatic rings. The summed E-state index contributed by atoms with van der Waals surface area (Å²) in [5.74, 6) is -2.28. The van der Waals surface area contributed by atoms with Crippen molar-refractivity contribution in [3.63, 3.8) is 0 Å². The van der Waals surface area contributed by atoms with Gasteiger partial charge in [-0.1, -0.05) is 13.8 Å². The van der Waals surface area contributed by atoms with Crippen molar-refractivity contribution in [2.24, 2.45) is 11.8 Å². The lowest BCUT2D eigenvalue weighted by atomic mass is 10.00. The Balaban J connectivity index is 2.16. The summed E-state index contributed by atoms with van der Waals surface area (Å²) >= 11 is 0. The number of carbonyl (C=O) groups is 3. The lowest BCUT2D eigenvalue weighted by Crippen LogP contribution is -2.30. The Bertz CT molecular complexity index is 498. The van der Waals surface area contributed by atoms with E-state index in [-0.39, 0.29) is 41.7 Å². The Morgan fingerprint density at radius 1 is 1.28 bits per heavy atom. The standard InChI is InChI=1S/C12H13NO5/c1-6-7(2)11(15)13(10(6)14)5-8-3-4-9(18-8)12(16)17/h3-4,6-7H,5H2,1-2H3,(H,16,17). The summed E-state index contributed by atoms with van der Waals surface area (Å²) in [6, 6.07) is 2.76. The van der Waals surface area contributed by atoms with E-state index in [9.17, 15) is 14.4 Å². The maximum Gasteiger partial charge on any atom is 0.371 e. The number of imide groups is 1. The molecule has 18 heavy (non-hydrogen) atoms. The van der Waals surface area contributed by atoms with Gasteiger partial charge in [0.15, 0.2) is 0 Å². The van der Waals surface area contributed by atoms with Crippen LogP contribution in [0.2, 0.25) is 0 Å². The van der Waals surface area contributed by atoms with Crippen LogP contribution in [0.1, 0.15) is 30.2 Å². The third-order valence-electron chi connectivity index (χ3n) is 3.25. The van der Waals surface area contributed by atoms with Crippen LogP contribution in [-0.4, -0.2) is 27.8 Å². The van der Waals surface area contributed by atoms with Crippen LogP contribution in [0.5, 0.6) is 0 Å². The number of hydrogen-bond donors (Lipinski definition) is 1. The van der Waals surface area contributed by atoms with E-state index in [0.717, 1.165) is 4.90 Å². The summed E-state index contributed by atoms with van der Waals surface area (Å²) in [7, 11) is 0. The highest BCUT2D eigenvalue weighted by molar-refractivity contribution is 6.04. The van der Waals surface area contributed by atoms with Crippen molar-refractivity contribution >= 4 is 17.8 Å². The van der Waals surface area contributed by atoms with Gasteiger partial charge in [0.25, 0.3) is 0 Å². The first kappa shape index (κ1) is 12.3. The van der Waals surface area contributed by atoms with Gasteiger partial charge in [0, 0.05) is 11.8 Å². The van der Waals surface area contributed by atoms with Gasteiger partial charge in [0.05, 0.1) is 6.54 Å². The molecule has 1 aliphatic heterocycles. The van der Waals surface area contributed by atoms with Crippen LogP contribution in [0.25, 0.3) is 0 Å². The highest BCUT2D eigenvalue weighted by atomic mass is 16.4. The summed E-state index contributed by atoms with van der Waals surface area (Å²) < 4.78 is 5.03. The first-order chi connectivity index (χ1) is 8.41. The van der Waals surface area contributed by atoms with Crippen LogP contribution in [0.3, 0.4) is 0 Å². The Labute approximate surface area is 103 Å². The van der Waals surface area contributed by atoms with Gasteiger partial charge in [-0.3, -0.25) is 14.5 Å². The minimum absolute atomic E-state index is 0.0143. The highest BCUT2D eigenvalue weighted by Gasteiger charge is 2.42. The van der Waals surface area contributed by atoms with Crippen molar-refractivity contribution in [2.75, 3.05) is 0 Å². The van der Waals surface area contributed by atoms with Gasteiger partial charge in [0.1, 0.15) is 5.76 Å². The molecule has 1 aromatic heterocycles. The molecule has 2 rings (SSSR count). The second-order valence-corrected chi connectivity index (χ2v) is 4.41. The van der Waals surface area contributed by atoms with Crippen LogP contribution < -0.4 is 0 Å². The molecule has 0 aromatic carbocycles. The average molecular weight is 251 g/mol. The molecular formula is C12H13NO5. The molecule has 2 amide bonds. The van der Waals surface area contributed by atoms with Gasteiger partial charge in [-0.15, -0.1) is 0 Å². The largest absolute Gasteiger partial charge is 0.475 e. The smallest absolute Gasteiger partial charge is 0.371 e. The zero-order chi connectivity index (χ0) is 13.4. The van der Waals surface area contributed by atoms with E-state index in [0.29, 0.717) is 0 Å². The highest BCUT2D eigenvalue weighted by Crippen LogP contribution is 2.27. The minimum atomic E-state index is -1.18. The lowest BCUT2D eigenvalue weighted by Gasteiger charge is -2.12. The molecule has 2 heterocycles. The van der Waals surface area contributed by atoms with Gasteiger partial charge in [-0.25, -0.2) is 4.79 Å². The summed E-state index contributed by atoms with van der Waals surface area (Å²) in [6.07, 6.45) is 0. The molecule has 6 nitrogen and oxygen atoms in total. The maximum absolute atomic E-state index is 11.8. The van der Waals surface area contributed by atoms with Crippen LogP contribution in [0.4, 0.5) is 0 Å². The van der Waals surface area contributed by atoms with E-state index >= 15 is 0 Å². The summed E-state index contributed by atoms with van der Waals surface area (Å²) in [6.45, 7) is 3.39. The molecule has 0 radical (unpaired) electrons. The quantitative estimate of drug-likeness (QED) is 0.813. The number of furan rings is 1. The molecule has 96 valence electrons. The molecule has 2 atom stereocenters. The van der Waals surface area contributed by atoms with Crippen molar-refractivity contribution in [3.05, 3.63) is 23.7 Å². The number of aromatic carboxylic acids is 1. The Hall–Kier alpha value is -2.11. The monoisotopic (exact) mass is 251 g/mol. The van der Waals surface area contributed by atoms with E-state index < -0.39 is 5.97 Å². The fourth-order valence-electron chi connectivity index (χ4n) is 1.92. The van der Waals surface area contributed by atoms with Crippen molar-refractivity contribution in [1.82, 2.24) is 4.90 Å². The predicted molar refractivity (Wildman–Crippen MR) is 59.6 cm³/mol. The molecule has 1 saturated heterocycles. The van der Waals surface area contributed by atoms with Gasteiger partial charge >= 0.3 is 5.97 Å². The first-order valence-corrected chi connectivity index (χ1v) is 5.59. The van der Waals surface area contributed by atoms with Crippen molar-refractivity contribution in [2.45, 2.75) is 20.4 Å². The van der Waals surface area contributed by atoms with E-state index in [1.165, 1.54) is 12.1 Å². The Morgan fingerprint density at radius 2 is 1.83 bits per heavy atom. The van der Waals surface area contributed by atoms with Gasteiger partial charge in [-0.05, 0) is 12.1 Å². The normalized spacial score (nSPS) is 23.8. The third kappa shape index (κ3) is 1.90. The average Bonchev–Trinajstić information content (AvgIpc) is 2.86. The number of nitrogens with zero attached hydrogens (tertiary/aromatic N) is 1. The third-order valence-corrected chi connectivity index (χ3v) is 3.25. The SMILES string of the molecule is CC1C(=O)N(Cc2ccc(C(=O)O)o2)C(=O)C1C. The molecule has 0 bridgehead atoms. The van der Waals surface area contributed by atoms with Gasteiger partial charge in [-0.2, -0.15) is 0 Å². The summed E-state index contributed by atoms with van der Waals surface area (Å²) in [5.41, 5.74) is 0. The number of carbonyl (C=O) groups excluding carboxylic acids is 2. The Morgan fingerprint density at radius 3 is 2.28 bits per heavy atom. The first-order valence-electron chi connectivity index (χ1n) is 5.59. The second kappa shape index (κ2) is 4.29. The van der Waals surface area contributed by atoms with E-state index in [1.54, 1.807) is 13.8 Å². The van der Waals surface area contributed by atoms with Gasteiger partial charge in [0.2, 0.25) is 17.6 Å². The van der Waals surface area contributed by atoms with E-state index in [4.69, 9.17) is 9.52 Å². The van der Waals surface area contributed by atoms with Crippen LogP contribution >= 0.6 is 0 Å². The number of hydrogen-bond acceptors (Lipinski definition) is 4. The lowest BCUT2D eigenvalue weighted by molar-refractivity contribution is -0.140. The fraction of sp³-hybridized carbons (Fsp3) is 0.417. The van der Waals surface area contributed by atoms with Crippen LogP contribution in [0.15, 0.2) is 16.5 Å². The maximum atomic E-state index is 11.8. The molecule has 1 N–H and O–H groups in total. The zero-order valence-corrected chi connectivity index (χ0v) is 10.0.